The molecule has 2 aromatic rings. The number of carbonyl (C=O) groups is 2. The van der Waals surface area contributed by atoms with E-state index in [-0.39, 0.29) is 5.91 Å². The van der Waals surface area contributed by atoms with Crippen molar-refractivity contribution in [2.45, 2.75) is 0 Å². The fourth-order valence-corrected chi connectivity index (χ4v) is 2.21. The summed E-state index contributed by atoms with van der Waals surface area (Å²) < 4.78 is 10.5. The zero-order chi connectivity index (χ0) is 16.8. The first-order valence-corrected chi connectivity index (χ1v) is 7.59. The number of carbonyl (C=O) groups excluding carboxylic acids is 2. The van der Waals surface area contributed by atoms with Gasteiger partial charge in [0.2, 0.25) is 0 Å². The molecule has 1 N–H and O–H groups in total. The molecule has 1 aliphatic heterocycles. The van der Waals surface area contributed by atoms with Gasteiger partial charge in [-0.25, -0.2) is 4.79 Å². The van der Waals surface area contributed by atoms with Gasteiger partial charge in [0.25, 0.3) is 5.91 Å². The summed E-state index contributed by atoms with van der Waals surface area (Å²) >= 11 is 0. The fraction of sp³-hybridized carbons (Fsp3) is 0.235. The molecular weight excluding hydrogens is 310 g/mol. The number of morpholine rings is 1. The Kier molecular flexibility index (Phi) is 5.02. The molecule has 2 heterocycles. The second-order valence-electron chi connectivity index (χ2n) is 5.16. The lowest BCUT2D eigenvalue weighted by atomic mass is 10.3. The summed E-state index contributed by atoms with van der Waals surface area (Å²) in [6.07, 6.45) is 1.16. The van der Waals surface area contributed by atoms with E-state index in [9.17, 15) is 9.59 Å². The molecule has 3 rings (SSSR count). The standard InChI is InChI=1S/C17H17N3O4/c21-16(15-3-1-2-8-18-15)19-13-4-6-14(7-5-13)24-17(22)20-9-11-23-12-10-20/h1-8H,9-12H2,(H,19,21). The normalized spacial score (nSPS) is 14.1. The molecule has 1 saturated heterocycles. The monoisotopic (exact) mass is 327 g/mol. The SMILES string of the molecule is O=C(Nc1ccc(OC(=O)N2CCOCC2)cc1)c1ccccn1. The van der Waals surface area contributed by atoms with Gasteiger partial charge >= 0.3 is 6.09 Å². The van der Waals surface area contributed by atoms with Gasteiger partial charge in [-0.1, -0.05) is 6.07 Å². The van der Waals surface area contributed by atoms with Gasteiger partial charge in [0.05, 0.1) is 13.2 Å². The van der Waals surface area contributed by atoms with Crippen molar-refractivity contribution in [3.05, 3.63) is 54.4 Å². The molecule has 2 amide bonds. The van der Waals surface area contributed by atoms with Crippen molar-refractivity contribution in [2.75, 3.05) is 31.6 Å². The average Bonchev–Trinajstić information content (AvgIpc) is 2.65. The number of amides is 2. The Morgan fingerprint density at radius 2 is 1.83 bits per heavy atom. The Labute approximate surface area is 139 Å². The number of benzene rings is 1. The molecule has 7 heteroatoms. The third kappa shape index (κ3) is 4.08. The molecule has 0 atom stereocenters. The number of anilines is 1. The average molecular weight is 327 g/mol. The van der Waals surface area contributed by atoms with Crippen LogP contribution in [0.1, 0.15) is 10.5 Å². The van der Waals surface area contributed by atoms with Gasteiger partial charge in [0, 0.05) is 25.0 Å². The highest BCUT2D eigenvalue weighted by Crippen LogP contribution is 2.17. The first kappa shape index (κ1) is 15.9. The van der Waals surface area contributed by atoms with Gasteiger partial charge < -0.3 is 19.7 Å². The van der Waals surface area contributed by atoms with Gasteiger partial charge in [0.15, 0.2) is 0 Å². The number of rotatable bonds is 3. The van der Waals surface area contributed by atoms with Crippen LogP contribution in [0.25, 0.3) is 0 Å². The molecule has 0 radical (unpaired) electrons. The van der Waals surface area contributed by atoms with Crippen LogP contribution in [0.5, 0.6) is 5.75 Å². The topological polar surface area (TPSA) is 80.8 Å². The maximum absolute atomic E-state index is 12.0. The Morgan fingerprint density at radius 3 is 2.50 bits per heavy atom. The van der Waals surface area contributed by atoms with Gasteiger partial charge in [0.1, 0.15) is 11.4 Å². The van der Waals surface area contributed by atoms with Crippen molar-refractivity contribution in [3.8, 4) is 5.75 Å². The largest absolute Gasteiger partial charge is 0.415 e. The molecule has 0 saturated carbocycles. The highest BCUT2D eigenvalue weighted by Gasteiger charge is 2.18. The molecule has 1 aromatic carbocycles. The van der Waals surface area contributed by atoms with Crippen molar-refractivity contribution in [3.63, 3.8) is 0 Å². The smallest absolute Gasteiger partial charge is 0.410 e. The molecule has 0 bridgehead atoms. The van der Waals surface area contributed by atoms with E-state index in [1.165, 1.54) is 0 Å². The first-order valence-electron chi connectivity index (χ1n) is 7.59. The number of pyridine rings is 1. The van der Waals surface area contributed by atoms with E-state index in [2.05, 4.69) is 10.3 Å². The minimum Gasteiger partial charge on any atom is -0.410 e. The maximum atomic E-state index is 12.0. The summed E-state index contributed by atoms with van der Waals surface area (Å²) in [6.45, 7) is 2.09. The number of hydrogen-bond acceptors (Lipinski definition) is 5. The Hall–Kier alpha value is -2.93. The molecule has 124 valence electrons. The van der Waals surface area contributed by atoms with Gasteiger partial charge in [-0.05, 0) is 36.4 Å². The highest BCUT2D eigenvalue weighted by molar-refractivity contribution is 6.02. The third-order valence-corrected chi connectivity index (χ3v) is 3.48. The minimum absolute atomic E-state index is 0.298. The van der Waals surface area contributed by atoms with Crippen molar-refractivity contribution in [2.24, 2.45) is 0 Å². The van der Waals surface area contributed by atoms with E-state index >= 15 is 0 Å². The van der Waals surface area contributed by atoms with Crippen molar-refractivity contribution >= 4 is 17.7 Å². The summed E-state index contributed by atoms with van der Waals surface area (Å²) in [5, 5.41) is 2.73. The van der Waals surface area contributed by atoms with Crippen LogP contribution in [-0.2, 0) is 4.74 Å². The van der Waals surface area contributed by atoms with Gasteiger partial charge in [-0.3, -0.25) is 9.78 Å². The van der Waals surface area contributed by atoms with Crippen molar-refractivity contribution < 1.29 is 19.1 Å². The van der Waals surface area contributed by atoms with E-state index in [1.807, 2.05) is 0 Å². The molecule has 0 spiro atoms. The Balaban J connectivity index is 1.57. The van der Waals surface area contributed by atoms with Crippen LogP contribution in [0.3, 0.4) is 0 Å². The first-order chi connectivity index (χ1) is 11.7. The summed E-state index contributed by atoms with van der Waals surface area (Å²) in [5.74, 6) is 0.121. The molecule has 7 nitrogen and oxygen atoms in total. The minimum atomic E-state index is -0.399. The number of aromatic nitrogens is 1. The van der Waals surface area contributed by atoms with Crippen LogP contribution in [0.15, 0.2) is 48.7 Å². The van der Waals surface area contributed by atoms with Crippen molar-refractivity contribution in [1.29, 1.82) is 0 Å². The molecule has 1 aromatic heterocycles. The summed E-state index contributed by atoms with van der Waals surface area (Å²) in [5.41, 5.74) is 0.928. The molecule has 1 aliphatic rings. The number of nitrogens with one attached hydrogen (secondary N) is 1. The van der Waals surface area contributed by atoms with E-state index in [1.54, 1.807) is 53.6 Å². The second kappa shape index (κ2) is 7.56. The fourth-order valence-electron chi connectivity index (χ4n) is 2.21. The zero-order valence-corrected chi connectivity index (χ0v) is 13.0. The lowest BCUT2D eigenvalue weighted by Crippen LogP contribution is -2.42. The predicted molar refractivity (Wildman–Crippen MR) is 87.0 cm³/mol. The number of nitrogens with zero attached hydrogens (tertiary/aromatic N) is 2. The van der Waals surface area contributed by atoms with Crippen LogP contribution in [0.2, 0.25) is 0 Å². The number of ether oxygens (including phenoxy) is 2. The van der Waals surface area contributed by atoms with Crippen LogP contribution in [0.4, 0.5) is 10.5 Å². The predicted octanol–water partition coefficient (Wildman–Crippen LogP) is 2.16. The molecular formula is C17H17N3O4. The maximum Gasteiger partial charge on any atom is 0.415 e. The lowest BCUT2D eigenvalue weighted by Gasteiger charge is -2.25. The van der Waals surface area contributed by atoms with Gasteiger partial charge in [-0.15, -0.1) is 0 Å². The summed E-state index contributed by atoms with van der Waals surface area (Å²) in [4.78, 5) is 29.6. The molecule has 0 aliphatic carbocycles. The Morgan fingerprint density at radius 1 is 1.08 bits per heavy atom. The van der Waals surface area contributed by atoms with Crippen LogP contribution < -0.4 is 10.1 Å². The summed E-state index contributed by atoms with van der Waals surface area (Å²) in [7, 11) is 0. The van der Waals surface area contributed by atoms with E-state index < -0.39 is 6.09 Å². The quantitative estimate of drug-likeness (QED) is 0.934. The molecule has 0 unspecified atom stereocenters. The highest BCUT2D eigenvalue weighted by atomic mass is 16.6. The Bertz CT molecular complexity index is 698. The van der Waals surface area contributed by atoms with E-state index in [0.29, 0.717) is 43.4 Å². The molecule has 24 heavy (non-hydrogen) atoms. The van der Waals surface area contributed by atoms with E-state index in [0.717, 1.165) is 0 Å². The third-order valence-electron chi connectivity index (χ3n) is 3.48. The molecule has 1 fully saturated rings. The van der Waals surface area contributed by atoms with Crippen LogP contribution in [-0.4, -0.2) is 48.2 Å². The lowest BCUT2D eigenvalue weighted by molar-refractivity contribution is 0.0416. The second-order valence-corrected chi connectivity index (χ2v) is 5.16. The van der Waals surface area contributed by atoms with Crippen LogP contribution >= 0.6 is 0 Å². The van der Waals surface area contributed by atoms with Crippen molar-refractivity contribution in [1.82, 2.24) is 9.88 Å². The zero-order valence-electron chi connectivity index (χ0n) is 13.0. The summed E-state index contributed by atoms with van der Waals surface area (Å²) in [6, 6.07) is 11.7. The van der Waals surface area contributed by atoms with Crippen LogP contribution in [0, 0.1) is 0 Å². The van der Waals surface area contributed by atoms with Gasteiger partial charge in [-0.2, -0.15) is 0 Å². The number of hydrogen-bond donors (Lipinski definition) is 1. The van der Waals surface area contributed by atoms with E-state index in [4.69, 9.17) is 9.47 Å².